The molecular weight excluding hydrogens is 328 g/mol. The quantitative estimate of drug-likeness (QED) is 0.829. The molecule has 2 aromatic rings. The smallest absolute Gasteiger partial charge is 0.231 e. The van der Waals surface area contributed by atoms with Crippen LogP contribution in [-0.2, 0) is 0 Å². The van der Waals surface area contributed by atoms with Crippen LogP contribution < -0.4 is 29.6 Å². The first-order valence-electron chi connectivity index (χ1n) is 7.56. The van der Waals surface area contributed by atoms with Crippen molar-refractivity contribution in [3.63, 3.8) is 0 Å². The van der Waals surface area contributed by atoms with Crippen molar-refractivity contribution < 1.29 is 18.9 Å². The van der Waals surface area contributed by atoms with Crippen LogP contribution in [0.3, 0.4) is 0 Å². The van der Waals surface area contributed by atoms with Gasteiger partial charge in [0.2, 0.25) is 13.6 Å². The molecule has 0 aromatic heterocycles. The maximum atomic E-state index is 5.41. The normalized spacial score (nSPS) is 15.0. The minimum atomic E-state index is 0.0218. The second kappa shape index (κ2) is 6.09. The Morgan fingerprint density at radius 2 is 1.54 bits per heavy atom. The highest BCUT2D eigenvalue weighted by Crippen LogP contribution is 2.35. The molecule has 0 saturated carbocycles. The van der Waals surface area contributed by atoms with Crippen molar-refractivity contribution in [2.45, 2.75) is 13.0 Å². The Balaban J connectivity index is 1.40. The molecule has 2 N–H and O–H groups in total. The molecule has 0 radical (unpaired) electrons. The summed E-state index contributed by atoms with van der Waals surface area (Å²) >= 11 is 5.39. The van der Waals surface area contributed by atoms with Gasteiger partial charge in [-0.15, -0.1) is 0 Å². The summed E-state index contributed by atoms with van der Waals surface area (Å²) in [7, 11) is 0. The molecule has 0 amide bonds. The molecule has 0 spiro atoms. The fourth-order valence-electron chi connectivity index (χ4n) is 2.60. The fraction of sp³-hybridized carbons (Fsp3) is 0.235. The fourth-order valence-corrected chi connectivity index (χ4v) is 2.90. The van der Waals surface area contributed by atoms with Gasteiger partial charge in [-0.3, -0.25) is 0 Å². The summed E-state index contributed by atoms with van der Waals surface area (Å²) < 4.78 is 21.4. The Morgan fingerprint density at radius 1 is 0.917 bits per heavy atom. The molecule has 0 unspecified atom stereocenters. The van der Waals surface area contributed by atoms with E-state index in [1.807, 2.05) is 43.3 Å². The standard InChI is InChI=1S/C17H16N2O4S/c1-10(11-2-4-13-15(6-11)22-8-20-13)18-17(24)19-12-3-5-14-16(7-12)23-9-21-14/h2-7,10H,8-9H2,1H3,(H2,18,19,24)/t10-/m1/s1. The Labute approximate surface area is 144 Å². The lowest BCUT2D eigenvalue weighted by atomic mass is 10.1. The van der Waals surface area contributed by atoms with E-state index in [-0.39, 0.29) is 19.6 Å². The molecule has 124 valence electrons. The Morgan fingerprint density at radius 3 is 2.29 bits per heavy atom. The predicted molar refractivity (Wildman–Crippen MR) is 92.9 cm³/mol. The maximum Gasteiger partial charge on any atom is 0.231 e. The molecule has 2 heterocycles. The van der Waals surface area contributed by atoms with Gasteiger partial charge in [-0.2, -0.15) is 0 Å². The van der Waals surface area contributed by atoms with Crippen LogP contribution in [0.2, 0.25) is 0 Å². The van der Waals surface area contributed by atoms with Crippen molar-refractivity contribution in [3.8, 4) is 23.0 Å². The summed E-state index contributed by atoms with van der Waals surface area (Å²) in [5.74, 6) is 2.99. The van der Waals surface area contributed by atoms with Crippen molar-refractivity contribution in [1.82, 2.24) is 5.32 Å². The number of benzene rings is 2. The molecule has 7 heteroatoms. The molecule has 2 aliphatic heterocycles. The molecule has 4 rings (SSSR count). The van der Waals surface area contributed by atoms with Crippen molar-refractivity contribution in [2.75, 3.05) is 18.9 Å². The number of ether oxygens (including phenoxy) is 4. The number of rotatable bonds is 3. The van der Waals surface area contributed by atoms with E-state index in [2.05, 4.69) is 10.6 Å². The van der Waals surface area contributed by atoms with Gasteiger partial charge in [0.25, 0.3) is 0 Å². The molecule has 0 fully saturated rings. The summed E-state index contributed by atoms with van der Waals surface area (Å²) in [6.07, 6.45) is 0. The van der Waals surface area contributed by atoms with Gasteiger partial charge in [-0.25, -0.2) is 0 Å². The summed E-state index contributed by atoms with van der Waals surface area (Å²) in [5.41, 5.74) is 1.91. The van der Waals surface area contributed by atoms with E-state index >= 15 is 0 Å². The molecule has 0 bridgehead atoms. The molecule has 6 nitrogen and oxygen atoms in total. The predicted octanol–water partition coefficient (Wildman–Crippen LogP) is 3.19. The SMILES string of the molecule is C[C@@H](NC(=S)Nc1ccc2c(c1)OCO2)c1ccc2c(c1)OCO2. The van der Waals surface area contributed by atoms with Crippen molar-refractivity contribution in [3.05, 3.63) is 42.0 Å². The number of hydrogen-bond donors (Lipinski definition) is 2. The van der Waals surface area contributed by atoms with Crippen LogP contribution in [0.15, 0.2) is 36.4 Å². The van der Waals surface area contributed by atoms with E-state index in [1.165, 1.54) is 0 Å². The summed E-state index contributed by atoms with van der Waals surface area (Å²) in [6, 6.07) is 11.5. The van der Waals surface area contributed by atoms with Crippen molar-refractivity contribution in [1.29, 1.82) is 0 Å². The van der Waals surface area contributed by atoms with Crippen LogP contribution in [0.1, 0.15) is 18.5 Å². The van der Waals surface area contributed by atoms with E-state index in [9.17, 15) is 0 Å². The zero-order valence-corrected chi connectivity index (χ0v) is 13.8. The third-order valence-electron chi connectivity index (χ3n) is 3.87. The Bertz CT molecular complexity index is 796. The highest BCUT2D eigenvalue weighted by Gasteiger charge is 2.17. The summed E-state index contributed by atoms with van der Waals surface area (Å²) in [6.45, 7) is 2.55. The van der Waals surface area contributed by atoms with Crippen LogP contribution in [0.25, 0.3) is 0 Å². The number of fused-ring (bicyclic) bond motifs is 2. The zero-order chi connectivity index (χ0) is 16.5. The van der Waals surface area contributed by atoms with E-state index in [0.717, 1.165) is 28.5 Å². The minimum absolute atomic E-state index is 0.0218. The first kappa shape index (κ1) is 14.9. The highest BCUT2D eigenvalue weighted by molar-refractivity contribution is 7.80. The first-order valence-corrected chi connectivity index (χ1v) is 7.96. The van der Waals surface area contributed by atoms with Crippen molar-refractivity contribution in [2.24, 2.45) is 0 Å². The molecule has 24 heavy (non-hydrogen) atoms. The number of nitrogens with one attached hydrogen (secondary N) is 2. The molecular formula is C17H16N2O4S. The third-order valence-corrected chi connectivity index (χ3v) is 4.09. The largest absolute Gasteiger partial charge is 0.454 e. The average Bonchev–Trinajstić information content (AvgIpc) is 3.22. The van der Waals surface area contributed by atoms with Crippen LogP contribution in [0.4, 0.5) is 5.69 Å². The summed E-state index contributed by atoms with van der Waals surface area (Å²) in [4.78, 5) is 0. The number of hydrogen-bond acceptors (Lipinski definition) is 5. The first-order chi connectivity index (χ1) is 11.7. The lowest BCUT2D eigenvalue weighted by Gasteiger charge is -2.18. The number of anilines is 1. The van der Waals surface area contributed by atoms with Crippen molar-refractivity contribution >= 4 is 23.0 Å². The lowest BCUT2D eigenvalue weighted by Crippen LogP contribution is -2.30. The Kier molecular flexibility index (Phi) is 3.78. The highest BCUT2D eigenvalue weighted by atomic mass is 32.1. The van der Waals surface area contributed by atoms with E-state index in [1.54, 1.807) is 0 Å². The van der Waals surface area contributed by atoms with Gasteiger partial charge in [0.05, 0.1) is 6.04 Å². The molecule has 0 saturated heterocycles. The van der Waals surface area contributed by atoms with Gasteiger partial charge >= 0.3 is 0 Å². The second-order valence-electron chi connectivity index (χ2n) is 5.50. The van der Waals surface area contributed by atoms with Gasteiger partial charge in [-0.1, -0.05) is 6.07 Å². The van der Waals surface area contributed by atoms with Gasteiger partial charge < -0.3 is 29.6 Å². The van der Waals surface area contributed by atoms with Crippen LogP contribution >= 0.6 is 12.2 Å². The Hall–Kier alpha value is -2.67. The van der Waals surface area contributed by atoms with E-state index < -0.39 is 0 Å². The average molecular weight is 344 g/mol. The molecule has 2 aliphatic rings. The van der Waals surface area contributed by atoms with Crippen LogP contribution in [0.5, 0.6) is 23.0 Å². The molecule has 0 aliphatic carbocycles. The van der Waals surface area contributed by atoms with Crippen LogP contribution in [-0.4, -0.2) is 18.7 Å². The topological polar surface area (TPSA) is 61.0 Å². The summed E-state index contributed by atoms with van der Waals surface area (Å²) in [5, 5.41) is 6.94. The maximum absolute atomic E-state index is 5.41. The lowest BCUT2D eigenvalue weighted by molar-refractivity contribution is 0.173. The van der Waals surface area contributed by atoms with Gasteiger partial charge in [-0.05, 0) is 49.0 Å². The second-order valence-corrected chi connectivity index (χ2v) is 5.91. The third kappa shape index (κ3) is 2.90. The van der Waals surface area contributed by atoms with Gasteiger partial charge in [0.15, 0.2) is 28.1 Å². The monoisotopic (exact) mass is 344 g/mol. The zero-order valence-electron chi connectivity index (χ0n) is 13.0. The molecule has 2 aromatic carbocycles. The van der Waals surface area contributed by atoms with E-state index in [4.69, 9.17) is 31.2 Å². The van der Waals surface area contributed by atoms with Gasteiger partial charge in [0, 0.05) is 11.8 Å². The van der Waals surface area contributed by atoms with E-state index in [0.29, 0.717) is 10.9 Å². The minimum Gasteiger partial charge on any atom is -0.454 e. The van der Waals surface area contributed by atoms with Gasteiger partial charge in [0.1, 0.15) is 0 Å². The molecule has 1 atom stereocenters. The van der Waals surface area contributed by atoms with Crippen LogP contribution in [0, 0.1) is 0 Å². The number of thiocarbonyl (C=S) groups is 1.